The molecule has 0 unspecified atom stereocenters. The van der Waals surface area contributed by atoms with Crippen molar-refractivity contribution in [2.75, 3.05) is 9.80 Å². The molecule has 0 radical (unpaired) electrons. The Balaban J connectivity index is 1.07. The summed E-state index contributed by atoms with van der Waals surface area (Å²) in [5.74, 6) is 0. The summed E-state index contributed by atoms with van der Waals surface area (Å²) in [6.45, 7) is 13.1. The summed E-state index contributed by atoms with van der Waals surface area (Å²) in [5.41, 5.74) is 19.3. The van der Waals surface area contributed by atoms with Crippen molar-refractivity contribution in [1.82, 2.24) is 0 Å². The van der Waals surface area contributed by atoms with Gasteiger partial charge in [0.15, 0.2) is 0 Å². The maximum atomic E-state index is 2.32. The third-order valence-corrected chi connectivity index (χ3v) is 10.4. The highest BCUT2D eigenvalue weighted by atomic mass is 15.1. The van der Waals surface area contributed by atoms with E-state index >= 15 is 0 Å². The zero-order chi connectivity index (χ0) is 37.6. The first-order valence-electron chi connectivity index (χ1n) is 18.8. The van der Waals surface area contributed by atoms with Crippen molar-refractivity contribution in [2.45, 2.75) is 41.5 Å². The van der Waals surface area contributed by atoms with Crippen molar-refractivity contribution >= 4 is 58.4 Å². The van der Waals surface area contributed by atoms with Gasteiger partial charge in [-0.25, -0.2) is 0 Å². The average molecular weight is 701 g/mol. The fourth-order valence-corrected chi connectivity index (χ4v) is 6.84. The van der Waals surface area contributed by atoms with Crippen LogP contribution in [0.3, 0.4) is 0 Å². The van der Waals surface area contributed by atoms with Gasteiger partial charge in [-0.1, -0.05) is 109 Å². The van der Waals surface area contributed by atoms with E-state index in [9.17, 15) is 0 Å². The first-order valence-corrected chi connectivity index (χ1v) is 18.8. The van der Waals surface area contributed by atoms with Gasteiger partial charge in [-0.3, -0.25) is 0 Å². The van der Waals surface area contributed by atoms with E-state index in [0.29, 0.717) is 0 Å². The minimum Gasteiger partial charge on any atom is -0.310 e. The van der Waals surface area contributed by atoms with Crippen LogP contribution in [0.25, 0.3) is 24.3 Å². The molecule has 0 aliphatic carbocycles. The van der Waals surface area contributed by atoms with E-state index < -0.39 is 0 Å². The summed E-state index contributed by atoms with van der Waals surface area (Å²) in [5, 5.41) is 0. The fourth-order valence-electron chi connectivity index (χ4n) is 6.84. The lowest BCUT2D eigenvalue weighted by atomic mass is 9.98. The molecule has 7 aromatic rings. The monoisotopic (exact) mass is 700 g/mol. The fraction of sp³-hybridized carbons (Fsp3) is 0.115. The van der Waals surface area contributed by atoms with Crippen LogP contribution < -0.4 is 9.80 Å². The van der Waals surface area contributed by atoms with Gasteiger partial charge in [0.25, 0.3) is 0 Å². The van der Waals surface area contributed by atoms with Crippen molar-refractivity contribution < 1.29 is 0 Å². The number of benzene rings is 7. The summed E-state index contributed by atoms with van der Waals surface area (Å²) >= 11 is 0. The molecule has 0 aliphatic heterocycles. The van der Waals surface area contributed by atoms with Crippen LogP contribution in [0.15, 0.2) is 158 Å². The molecule has 2 heteroatoms. The molecule has 0 saturated carbocycles. The molecule has 0 amide bonds. The highest BCUT2D eigenvalue weighted by molar-refractivity contribution is 5.81. The Labute approximate surface area is 322 Å². The number of para-hydroxylation sites is 2. The molecule has 0 aliphatic rings. The molecule has 0 aromatic heterocycles. The Morgan fingerprint density at radius 3 is 0.963 bits per heavy atom. The number of anilines is 6. The van der Waals surface area contributed by atoms with E-state index in [1.54, 1.807) is 0 Å². The summed E-state index contributed by atoms with van der Waals surface area (Å²) in [6, 6.07) is 56.7. The summed E-state index contributed by atoms with van der Waals surface area (Å²) < 4.78 is 0. The summed E-state index contributed by atoms with van der Waals surface area (Å²) in [7, 11) is 0. The molecular weight excluding hydrogens is 653 g/mol. The predicted octanol–water partition coefficient (Wildman–Crippen LogP) is 14.8. The number of hydrogen-bond donors (Lipinski definition) is 0. The molecule has 0 atom stereocenters. The van der Waals surface area contributed by atoms with Crippen molar-refractivity contribution in [1.29, 1.82) is 0 Å². The van der Waals surface area contributed by atoms with Gasteiger partial charge in [-0.15, -0.1) is 0 Å². The van der Waals surface area contributed by atoms with Crippen molar-refractivity contribution in [3.8, 4) is 0 Å². The van der Waals surface area contributed by atoms with Crippen LogP contribution in [0.1, 0.15) is 55.6 Å². The van der Waals surface area contributed by atoms with Crippen LogP contribution in [0.4, 0.5) is 34.1 Å². The van der Waals surface area contributed by atoms with Crippen LogP contribution in [-0.4, -0.2) is 0 Å². The van der Waals surface area contributed by atoms with Crippen LogP contribution >= 0.6 is 0 Å². The van der Waals surface area contributed by atoms with Crippen LogP contribution in [0.2, 0.25) is 0 Å². The van der Waals surface area contributed by atoms with Crippen LogP contribution in [0, 0.1) is 41.5 Å². The first-order chi connectivity index (χ1) is 26.2. The topological polar surface area (TPSA) is 6.48 Å². The summed E-state index contributed by atoms with van der Waals surface area (Å²) in [4.78, 5) is 4.64. The highest BCUT2D eigenvalue weighted by Gasteiger charge is 2.14. The summed E-state index contributed by atoms with van der Waals surface area (Å²) in [6.07, 6.45) is 8.89. The predicted molar refractivity (Wildman–Crippen MR) is 235 cm³/mol. The van der Waals surface area contributed by atoms with Crippen molar-refractivity contribution in [3.05, 3.63) is 213 Å². The van der Waals surface area contributed by atoms with Gasteiger partial charge in [-0.2, -0.15) is 0 Å². The molecule has 266 valence electrons. The SMILES string of the molecule is Cc1ccc(N(c2ccccc2)c2ccc(/C=C/c3cc(C)c(/C=C/c4ccc(N(c5ccccc5)c5ccc(C)c(C)c5)cc4)cc3C)cc2)cc1C. The van der Waals surface area contributed by atoms with Crippen LogP contribution in [-0.2, 0) is 0 Å². The van der Waals surface area contributed by atoms with E-state index in [4.69, 9.17) is 0 Å². The third-order valence-electron chi connectivity index (χ3n) is 10.4. The molecule has 0 bridgehead atoms. The minimum atomic E-state index is 1.13. The number of hydrogen-bond acceptors (Lipinski definition) is 2. The average Bonchev–Trinajstić information content (AvgIpc) is 3.19. The van der Waals surface area contributed by atoms with Gasteiger partial charge in [0.05, 0.1) is 0 Å². The van der Waals surface area contributed by atoms with E-state index in [1.165, 1.54) is 55.6 Å². The standard InChI is InChI=1S/C52H48N2/c1-37-17-27-51(35-39(37)3)53(47-13-9-7-10-14-47)49-29-21-43(22-30-49)19-25-45-33-42(6)46(34-41(45)5)26-20-44-23-31-50(32-24-44)54(48-15-11-8-12-16-48)52-28-18-38(2)40(4)36-52/h7-36H,1-6H3/b25-19+,26-20+. The Kier molecular flexibility index (Phi) is 10.7. The van der Waals surface area contributed by atoms with E-state index in [0.717, 1.165) is 34.1 Å². The first kappa shape index (κ1) is 36.0. The van der Waals surface area contributed by atoms with Gasteiger partial charge in [0.1, 0.15) is 0 Å². The lowest BCUT2D eigenvalue weighted by Crippen LogP contribution is -2.10. The highest BCUT2D eigenvalue weighted by Crippen LogP contribution is 2.37. The smallest absolute Gasteiger partial charge is 0.0464 e. The second-order valence-corrected chi connectivity index (χ2v) is 14.3. The molecule has 2 nitrogen and oxygen atoms in total. The van der Waals surface area contributed by atoms with E-state index in [1.807, 2.05) is 0 Å². The third kappa shape index (κ3) is 8.14. The van der Waals surface area contributed by atoms with Gasteiger partial charge < -0.3 is 9.80 Å². The van der Waals surface area contributed by atoms with Gasteiger partial charge in [0, 0.05) is 34.1 Å². The van der Waals surface area contributed by atoms with Gasteiger partial charge in [0.2, 0.25) is 0 Å². The molecule has 0 spiro atoms. The molecule has 7 aromatic carbocycles. The number of nitrogens with zero attached hydrogens (tertiary/aromatic N) is 2. The lowest BCUT2D eigenvalue weighted by molar-refractivity contribution is 1.25. The number of aryl methyl sites for hydroxylation is 6. The Morgan fingerprint density at radius 1 is 0.278 bits per heavy atom. The molecule has 0 saturated heterocycles. The zero-order valence-corrected chi connectivity index (χ0v) is 32.2. The normalized spacial score (nSPS) is 11.4. The second-order valence-electron chi connectivity index (χ2n) is 14.3. The molecule has 54 heavy (non-hydrogen) atoms. The molecule has 0 heterocycles. The lowest BCUT2D eigenvalue weighted by Gasteiger charge is -2.26. The molecule has 7 rings (SSSR count). The second kappa shape index (κ2) is 16.1. The Morgan fingerprint density at radius 2 is 0.611 bits per heavy atom. The minimum absolute atomic E-state index is 1.13. The Bertz CT molecular complexity index is 2250. The van der Waals surface area contributed by atoms with Crippen molar-refractivity contribution in [2.24, 2.45) is 0 Å². The van der Waals surface area contributed by atoms with E-state index in [-0.39, 0.29) is 0 Å². The van der Waals surface area contributed by atoms with E-state index in [2.05, 4.69) is 233 Å². The number of rotatable bonds is 10. The molecular formula is C52H48N2. The van der Waals surface area contributed by atoms with Gasteiger partial charge in [-0.05, 0) is 170 Å². The van der Waals surface area contributed by atoms with Gasteiger partial charge >= 0.3 is 0 Å². The zero-order valence-electron chi connectivity index (χ0n) is 32.2. The van der Waals surface area contributed by atoms with Crippen molar-refractivity contribution in [3.63, 3.8) is 0 Å². The maximum absolute atomic E-state index is 2.32. The molecule has 0 N–H and O–H groups in total. The quantitative estimate of drug-likeness (QED) is 0.131. The Hall–Kier alpha value is -6.38. The largest absolute Gasteiger partial charge is 0.310 e. The maximum Gasteiger partial charge on any atom is 0.0464 e. The van der Waals surface area contributed by atoms with Crippen LogP contribution in [0.5, 0.6) is 0 Å². The molecule has 0 fully saturated rings.